The van der Waals surface area contributed by atoms with E-state index in [1.807, 2.05) is 13.8 Å². The predicted molar refractivity (Wildman–Crippen MR) is 79.7 cm³/mol. The highest BCUT2D eigenvalue weighted by atomic mass is 16.4. The second kappa shape index (κ2) is 5.95. The number of anilines is 1. The van der Waals surface area contributed by atoms with Crippen molar-refractivity contribution < 1.29 is 14.8 Å². The van der Waals surface area contributed by atoms with Crippen molar-refractivity contribution in [2.45, 2.75) is 33.2 Å². The molecule has 2 N–H and O–H groups in total. The highest BCUT2D eigenvalue weighted by Crippen LogP contribution is 2.24. The number of rotatable bonds is 4. The van der Waals surface area contributed by atoms with E-state index in [0.29, 0.717) is 11.4 Å². The van der Waals surface area contributed by atoms with Gasteiger partial charge >= 0.3 is 6.03 Å². The van der Waals surface area contributed by atoms with Gasteiger partial charge in [0.25, 0.3) is 5.91 Å². The number of oxime groups is 1. The fraction of sp³-hybridized carbons (Fsp3) is 0.400. The number of urea groups is 1. The lowest BCUT2D eigenvalue weighted by molar-refractivity contribution is -0.119. The number of hydrogen-bond donors (Lipinski definition) is 2. The minimum Gasteiger partial charge on any atom is -0.411 e. The third kappa shape index (κ3) is 2.74. The van der Waals surface area contributed by atoms with Crippen LogP contribution in [0.15, 0.2) is 29.4 Å². The van der Waals surface area contributed by atoms with E-state index in [-0.39, 0.29) is 11.8 Å². The molecule has 1 aliphatic rings. The maximum Gasteiger partial charge on any atom is 0.329 e. The molecule has 0 aliphatic carbocycles. The first-order valence-electron chi connectivity index (χ1n) is 6.93. The quantitative estimate of drug-likeness (QED) is 0.386. The molecule has 0 bridgehead atoms. The molecule has 1 saturated heterocycles. The van der Waals surface area contributed by atoms with Crippen molar-refractivity contribution in [2.24, 2.45) is 11.1 Å². The van der Waals surface area contributed by atoms with Gasteiger partial charge in [-0.1, -0.05) is 37.6 Å². The smallest absolute Gasteiger partial charge is 0.329 e. The van der Waals surface area contributed by atoms with Gasteiger partial charge in [0.15, 0.2) is 0 Å². The number of carbonyl (C=O) groups excluding carboxylic acids is 2. The van der Waals surface area contributed by atoms with Gasteiger partial charge in [0, 0.05) is 0 Å². The Balaban J connectivity index is 2.26. The van der Waals surface area contributed by atoms with Gasteiger partial charge in [-0.05, 0) is 30.5 Å². The summed E-state index contributed by atoms with van der Waals surface area (Å²) in [5, 5.41) is 14.6. The molecule has 1 fully saturated rings. The molecule has 1 aliphatic heterocycles. The number of carbonyl (C=O) groups is 2. The first-order valence-corrected chi connectivity index (χ1v) is 6.93. The molecular formula is C15H19N3O3. The van der Waals surface area contributed by atoms with Crippen molar-refractivity contribution in [3.8, 4) is 0 Å². The summed E-state index contributed by atoms with van der Waals surface area (Å²) in [7, 11) is 0. The van der Waals surface area contributed by atoms with Crippen LogP contribution in [-0.2, 0) is 4.79 Å². The van der Waals surface area contributed by atoms with Gasteiger partial charge in [-0.3, -0.25) is 4.79 Å². The highest BCUT2D eigenvalue weighted by molar-refractivity contribution is 6.21. The minimum atomic E-state index is -0.470. The largest absolute Gasteiger partial charge is 0.411 e. The van der Waals surface area contributed by atoms with E-state index in [9.17, 15) is 9.59 Å². The number of imide groups is 1. The molecule has 21 heavy (non-hydrogen) atoms. The monoisotopic (exact) mass is 289 g/mol. The predicted octanol–water partition coefficient (Wildman–Crippen LogP) is 2.36. The highest BCUT2D eigenvalue weighted by Gasteiger charge is 2.41. The lowest BCUT2D eigenvalue weighted by Crippen LogP contribution is -2.35. The van der Waals surface area contributed by atoms with E-state index in [4.69, 9.17) is 5.21 Å². The minimum absolute atomic E-state index is 0.0921. The molecule has 1 aromatic carbocycles. The standard InChI is InChI=1S/C15H19N3O3/c1-4-9(2)13-14(19)18(15(20)16-13)12-7-5-11(6-8-12)10(3)17-21/h5-9,13,21H,4H2,1-3H3,(H,16,20). The number of nitrogens with zero attached hydrogens (tertiary/aromatic N) is 2. The Morgan fingerprint density at radius 2 is 2.00 bits per heavy atom. The Morgan fingerprint density at radius 3 is 2.52 bits per heavy atom. The molecule has 2 rings (SSSR count). The van der Waals surface area contributed by atoms with E-state index in [1.165, 1.54) is 0 Å². The third-order valence-electron chi connectivity index (χ3n) is 3.87. The summed E-state index contributed by atoms with van der Waals surface area (Å²) in [6.07, 6.45) is 0.815. The summed E-state index contributed by atoms with van der Waals surface area (Å²) in [6.45, 7) is 5.59. The Morgan fingerprint density at radius 1 is 1.38 bits per heavy atom. The summed E-state index contributed by atoms with van der Waals surface area (Å²) < 4.78 is 0. The van der Waals surface area contributed by atoms with E-state index in [2.05, 4.69) is 10.5 Å². The lowest BCUT2D eigenvalue weighted by Gasteiger charge is -2.16. The Labute approximate surface area is 123 Å². The van der Waals surface area contributed by atoms with Crippen LogP contribution in [0.1, 0.15) is 32.8 Å². The first kappa shape index (κ1) is 15.0. The molecule has 112 valence electrons. The van der Waals surface area contributed by atoms with Crippen LogP contribution in [0.3, 0.4) is 0 Å². The Bertz CT molecular complexity index is 580. The van der Waals surface area contributed by atoms with Gasteiger partial charge < -0.3 is 10.5 Å². The van der Waals surface area contributed by atoms with Crippen LogP contribution in [-0.4, -0.2) is 28.9 Å². The van der Waals surface area contributed by atoms with E-state index >= 15 is 0 Å². The molecule has 2 unspecified atom stereocenters. The van der Waals surface area contributed by atoms with Gasteiger partial charge in [-0.2, -0.15) is 0 Å². The maximum absolute atomic E-state index is 12.4. The van der Waals surface area contributed by atoms with Crippen molar-refractivity contribution in [3.63, 3.8) is 0 Å². The van der Waals surface area contributed by atoms with Crippen molar-refractivity contribution in [3.05, 3.63) is 29.8 Å². The Kier molecular flexibility index (Phi) is 4.26. The molecule has 1 heterocycles. The van der Waals surface area contributed by atoms with Crippen LogP contribution in [0.2, 0.25) is 0 Å². The topological polar surface area (TPSA) is 82.0 Å². The summed E-state index contributed by atoms with van der Waals surface area (Å²) in [4.78, 5) is 25.6. The average Bonchev–Trinajstić information content (AvgIpc) is 2.80. The van der Waals surface area contributed by atoms with Crippen LogP contribution < -0.4 is 10.2 Å². The molecule has 6 heteroatoms. The number of benzene rings is 1. The molecule has 0 radical (unpaired) electrons. The zero-order valence-corrected chi connectivity index (χ0v) is 12.3. The molecule has 3 amide bonds. The van der Waals surface area contributed by atoms with Crippen molar-refractivity contribution in [2.75, 3.05) is 4.90 Å². The molecular weight excluding hydrogens is 270 g/mol. The molecule has 0 saturated carbocycles. The first-order chi connectivity index (χ1) is 9.99. The fourth-order valence-corrected chi connectivity index (χ4v) is 2.27. The molecule has 0 aromatic heterocycles. The number of amides is 3. The lowest BCUT2D eigenvalue weighted by atomic mass is 9.99. The zero-order valence-electron chi connectivity index (χ0n) is 12.3. The number of hydrogen-bond acceptors (Lipinski definition) is 4. The van der Waals surface area contributed by atoms with Crippen LogP contribution in [0, 0.1) is 5.92 Å². The summed E-state index contributed by atoms with van der Waals surface area (Å²) in [5.41, 5.74) is 1.71. The fourth-order valence-electron chi connectivity index (χ4n) is 2.27. The third-order valence-corrected chi connectivity index (χ3v) is 3.87. The molecule has 6 nitrogen and oxygen atoms in total. The van der Waals surface area contributed by atoms with Gasteiger partial charge in [-0.15, -0.1) is 0 Å². The maximum atomic E-state index is 12.4. The van der Waals surface area contributed by atoms with Crippen LogP contribution in [0.25, 0.3) is 0 Å². The van der Waals surface area contributed by atoms with Crippen molar-refractivity contribution in [1.29, 1.82) is 0 Å². The van der Waals surface area contributed by atoms with Crippen LogP contribution >= 0.6 is 0 Å². The average molecular weight is 289 g/mol. The molecule has 2 atom stereocenters. The van der Waals surface area contributed by atoms with Gasteiger partial charge in [0.05, 0.1) is 11.4 Å². The van der Waals surface area contributed by atoms with Gasteiger partial charge in [0.1, 0.15) is 6.04 Å². The molecule has 1 aromatic rings. The number of nitrogens with one attached hydrogen (secondary N) is 1. The SMILES string of the molecule is CCC(C)C1NC(=O)N(c2ccc(C(C)=NO)cc2)C1=O. The summed E-state index contributed by atoms with van der Waals surface area (Å²) in [5.74, 6) is -0.135. The van der Waals surface area contributed by atoms with Crippen LogP contribution in [0.4, 0.5) is 10.5 Å². The summed E-state index contributed by atoms with van der Waals surface area (Å²) in [6, 6.07) is 5.89. The van der Waals surface area contributed by atoms with Gasteiger partial charge in [-0.25, -0.2) is 9.69 Å². The molecule has 0 spiro atoms. The normalized spacial score (nSPS) is 20.6. The van der Waals surface area contributed by atoms with Crippen molar-refractivity contribution in [1.82, 2.24) is 5.32 Å². The Hall–Kier alpha value is -2.37. The summed E-state index contributed by atoms with van der Waals surface area (Å²) >= 11 is 0. The van der Waals surface area contributed by atoms with Crippen LogP contribution in [0.5, 0.6) is 0 Å². The van der Waals surface area contributed by atoms with E-state index in [0.717, 1.165) is 16.9 Å². The van der Waals surface area contributed by atoms with Gasteiger partial charge in [0.2, 0.25) is 0 Å². The van der Waals surface area contributed by atoms with Crippen molar-refractivity contribution >= 4 is 23.3 Å². The second-order valence-electron chi connectivity index (χ2n) is 5.22. The zero-order chi connectivity index (χ0) is 15.6. The van der Waals surface area contributed by atoms with E-state index in [1.54, 1.807) is 31.2 Å². The second-order valence-corrected chi connectivity index (χ2v) is 5.22. The van der Waals surface area contributed by atoms with E-state index < -0.39 is 12.1 Å².